The number of carbonyl (C=O) groups is 1. The minimum atomic E-state index is -0.320. The molecule has 5 nitrogen and oxygen atoms in total. The van der Waals surface area contributed by atoms with Crippen molar-refractivity contribution in [1.29, 1.82) is 5.26 Å². The van der Waals surface area contributed by atoms with Crippen molar-refractivity contribution in [2.75, 3.05) is 24.7 Å². The molecule has 3 atom stereocenters. The first-order valence-electron chi connectivity index (χ1n) is 6.00. The van der Waals surface area contributed by atoms with Gasteiger partial charge in [-0.1, -0.05) is 0 Å². The number of nitriles is 1. The van der Waals surface area contributed by atoms with Crippen LogP contribution in [0.4, 0.5) is 0 Å². The molecule has 2 aliphatic rings. The molecular formula is C11H18N4OS. The van der Waals surface area contributed by atoms with Gasteiger partial charge in [-0.05, 0) is 19.4 Å². The Kier molecular flexibility index (Phi) is 4.80. The van der Waals surface area contributed by atoms with Crippen LogP contribution in [0.2, 0.25) is 0 Å². The first-order chi connectivity index (χ1) is 8.35. The van der Waals surface area contributed by atoms with Crippen molar-refractivity contribution >= 4 is 18.0 Å². The van der Waals surface area contributed by atoms with Crippen LogP contribution < -0.4 is 10.6 Å². The molecule has 2 aliphatic heterocycles. The van der Waals surface area contributed by atoms with Crippen molar-refractivity contribution < 1.29 is 4.79 Å². The van der Waals surface area contributed by atoms with Gasteiger partial charge in [0.2, 0.25) is 0 Å². The number of thioether (sulfide) groups is 1. The summed E-state index contributed by atoms with van der Waals surface area (Å²) in [5, 5.41) is 15.7. The smallest absolute Gasteiger partial charge is 0.151 e. The third kappa shape index (κ3) is 3.19. The van der Waals surface area contributed by atoms with E-state index in [9.17, 15) is 4.79 Å². The molecule has 2 N–H and O–H groups in total. The molecule has 94 valence electrons. The predicted octanol–water partition coefficient (Wildman–Crippen LogP) is -0.249. The van der Waals surface area contributed by atoms with Crippen LogP contribution >= 0.6 is 11.8 Å². The number of rotatable bonds is 4. The summed E-state index contributed by atoms with van der Waals surface area (Å²) in [5.41, 5.74) is 0. The summed E-state index contributed by atoms with van der Waals surface area (Å²) in [6.07, 6.45) is 2.83. The molecule has 2 fully saturated rings. The lowest BCUT2D eigenvalue weighted by molar-refractivity contribution is -0.113. The van der Waals surface area contributed by atoms with Crippen molar-refractivity contribution in [1.82, 2.24) is 15.5 Å². The number of hydrogen-bond donors (Lipinski definition) is 2. The van der Waals surface area contributed by atoms with E-state index in [-0.39, 0.29) is 12.2 Å². The maximum Gasteiger partial charge on any atom is 0.151 e. The Morgan fingerprint density at radius 2 is 2.53 bits per heavy atom. The summed E-state index contributed by atoms with van der Waals surface area (Å²) < 4.78 is 0. The average Bonchev–Trinajstić information content (AvgIpc) is 2.85. The van der Waals surface area contributed by atoms with E-state index in [1.54, 1.807) is 11.8 Å². The zero-order valence-electron chi connectivity index (χ0n) is 9.76. The molecule has 0 radical (unpaired) electrons. The largest absolute Gasteiger partial charge is 0.315 e. The third-order valence-corrected chi connectivity index (χ3v) is 4.29. The Labute approximate surface area is 106 Å². The molecule has 0 saturated carbocycles. The van der Waals surface area contributed by atoms with Gasteiger partial charge in [-0.2, -0.15) is 5.26 Å². The molecule has 0 aromatic rings. The fraction of sp³-hybridized carbons (Fsp3) is 0.818. The van der Waals surface area contributed by atoms with Crippen LogP contribution in [0.5, 0.6) is 0 Å². The van der Waals surface area contributed by atoms with E-state index in [0.717, 1.165) is 43.8 Å². The van der Waals surface area contributed by atoms with Gasteiger partial charge in [0.15, 0.2) is 6.29 Å². The van der Waals surface area contributed by atoms with E-state index >= 15 is 0 Å². The highest BCUT2D eigenvalue weighted by Gasteiger charge is 2.32. The van der Waals surface area contributed by atoms with E-state index in [4.69, 9.17) is 5.26 Å². The van der Waals surface area contributed by atoms with Gasteiger partial charge in [-0.25, -0.2) is 0 Å². The van der Waals surface area contributed by atoms with Gasteiger partial charge >= 0.3 is 0 Å². The van der Waals surface area contributed by atoms with Crippen LogP contribution in [0.15, 0.2) is 0 Å². The van der Waals surface area contributed by atoms with Gasteiger partial charge < -0.3 is 10.1 Å². The molecule has 0 bridgehead atoms. The van der Waals surface area contributed by atoms with Crippen molar-refractivity contribution in [2.45, 2.75) is 31.1 Å². The summed E-state index contributed by atoms with van der Waals surface area (Å²) in [5.74, 6) is 1.56. The highest BCUT2D eigenvalue weighted by Crippen LogP contribution is 2.21. The first-order valence-corrected chi connectivity index (χ1v) is 7.16. The van der Waals surface area contributed by atoms with E-state index in [0.29, 0.717) is 6.04 Å². The highest BCUT2D eigenvalue weighted by atomic mass is 32.2. The Balaban J connectivity index is 1.91. The molecule has 0 spiro atoms. The minimum absolute atomic E-state index is 0.140. The summed E-state index contributed by atoms with van der Waals surface area (Å²) in [4.78, 5) is 13.1. The zero-order chi connectivity index (χ0) is 12.1. The topological polar surface area (TPSA) is 68.2 Å². The van der Waals surface area contributed by atoms with Gasteiger partial charge in [0, 0.05) is 24.2 Å². The van der Waals surface area contributed by atoms with E-state index in [1.165, 1.54) is 0 Å². The number of hydrogen-bond acceptors (Lipinski definition) is 6. The monoisotopic (exact) mass is 254 g/mol. The Hall–Kier alpha value is -0.610. The fourth-order valence-electron chi connectivity index (χ4n) is 2.29. The van der Waals surface area contributed by atoms with Crippen molar-refractivity contribution in [3.05, 3.63) is 0 Å². The number of piperidine rings is 1. The summed E-state index contributed by atoms with van der Waals surface area (Å²) in [7, 11) is 0. The van der Waals surface area contributed by atoms with Crippen LogP contribution in [-0.4, -0.2) is 54.2 Å². The lowest BCUT2D eigenvalue weighted by Gasteiger charge is -2.32. The van der Waals surface area contributed by atoms with E-state index in [2.05, 4.69) is 16.7 Å². The van der Waals surface area contributed by atoms with E-state index < -0.39 is 0 Å². The fourth-order valence-corrected chi connectivity index (χ4v) is 3.44. The van der Waals surface area contributed by atoms with Gasteiger partial charge in [-0.15, -0.1) is 11.8 Å². The van der Waals surface area contributed by atoms with Crippen LogP contribution in [0.3, 0.4) is 0 Å². The third-order valence-electron chi connectivity index (χ3n) is 3.25. The van der Waals surface area contributed by atoms with Gasteiger partial charge in [0.1, 0.15) is 12.2 Å². The molecule has 2 heterocycles. The van der Waals surface area contributed by atoms with Crippen LogP contribution in [0.25, 0.3) is 0 Å². The molecule has 2 saturated heterocycles. The molecule has 3 unspecified atom stereocenters. The number of nitrogens with one attached hydrogen (secondary N) is 2. The normalized spacial score (nSPS) is 31.9. The zero-order valence-corrected chi connectivity index (χ0v) is 10.6. The summed E-state index contributed by atoms with van der Waals surface area (Å²) >= 11 is 1.71. The summed E-state index contributed by atoms with van der Waals surface area (Å²) in [6, 6.07) is 2.45. The molecule has 17 heavy (non-hydrogen) atoms. The minimum Gasteiger partial charge on any atom is -0.315 e. The number of carbonyl (C=O) groups excluding carboxylic acids is 1. The van der Waals surface area contributed by atoms with Crippen LogP contribution in [0, 0.1) is 11.3 Å². The second kappa shape index (κ2) is 6.36. The van der Waals surface area contributed by atoms with Gasteiger partial charge in [-0.3, -0.25) is 10.2 Å². The van der Waals surface area contributed by atoms with Gasteiger partial charge in [0.25, 0.3) is 0 Å². The quantitative estimate of drug-likeness (QED) is 0.674. The van der Waals surface area contributed by atoms with Crippen molar-refractivity contribution in [2.24, 2.45) is 0 Å². The maximum absolute atomic E-state index is 11.2. The van der Waals surface area contributed by atoms with E-state index in [1.807, 2.05) is 4.90 Å². The predicted molar refractivity (Wildman–Crippen MR) is 67.4 cm³/mol. The van der Waals surface area contributed by atoms with Crippen LogP contribution in [0.1, 0.15) is 12.8 Å². The standard InChI is InChI=1S/C11H18N4OS/c12-4-10-7-17-8-15(10)11(6-16)14-9-2-1-3-13-5-9/h6,9-11,13-14H,1-3,5,7-8H2. The Morgan fingerprint density at radius 1 is 1.65 bits per heavy atom. The Morgan fingerprint density at radius 3 is 3.18 bits per heavy atom. The van der Waals surface area contributed by atoms with Gasteiger partial charge in [0.05, 0.1) is 6.07 Å². The first kappa shape index (κ1) is 12.8. The second-order valence-electron chi connectivity index (χ2n) is 4.45. The summed E-state index contributed by atoms with van der Waals surface area (Å²) in [6.45, 7) is 1.97. The molecule has 0 aromatic carbocycles. The molecule has 6 heteroatoms. The highest BCUT2D eigenvalue weighted by molar-refractivity contribution is 7.99. The van der Waals surface area contributed by atoms with Crippen molar-refractivity contribution in [3.63, 3.8) is 0 Å². The maximum atomic E-state index is 11.2. The SMILES string of the molecule is N#CC1CSCN1C(C=O)NC1CCCNC1. The Bertz CT molecular complexity index is 300. The molecule has 0 aromatic heterocycles. The number of aldehydes is 1. The molecule has 0 amide bonds. The average molecular weight is 254 g/mol. The van der Waals surface area contributed by atoms with Crippen molar-refractivity contribution in [3.8, 4) is 6.07 Å². The second-order valence-corrected chi connectivity index (χ2v) is 5.45. The molecule has 2 rings (SSSR count). The molecular weight excluding hydrogens is 236 g/mol. The molecule has 0 aliphatic carbocycles. The number of nitrogens with zero attached hydrogens (tertiary/aromatic N) is 2. The van der Waals surface area contributed by atoms with Crippen LogP contribution in [-0.2, 0) is 4.79 Å². The lowest BCUT2D eigenvalue weighted by atomic mass is 10.1. The lowest BCUT2D eigenvalue weighted by Crippen LogP contribution is -2.55.